The molecule has 0 spiro atoms. The zero-order valence-corrected chi connectivity index (χ0v) is 9.08. The Labute approximate surface area is 94.7 Å². The van der Waals surface area contributed by atoms with Gasteiger partial charge < -0.3 is 4.74 Å². The summed E-state index contributed by atoms with van der Waals surface area (Å²) >= 11 is 0. The van der Waals surface area contributed by atoms with Crippen molar-refractivity contribution >= 4 is 6.08 Å². The summed E-state index contributed by atoms with van der Waals surface area (Å²) in [5.74, 6) is 1.52. The Kier molecular flexibility index (Phi) is 5.27. The first-order valence-electron chi connectivity index (χ1n) is 4.70. The minimum atomic E-state index is 0.611. The van der Waals surface area contributed by atoms with Crippen LogP contribution >= 0.6 is 0 Å². The Hall–Kier alpha value is -2.23. The summed E-state index contributed by atoms with van der Waals surface area (Å²) in [6.45, 7) is 3.48. The summed E-state index contributed by atoms with van der Waals surface area (Å²) in [7, 11) is 1.66. The third-order valence-corrected chi connectivity index (χ3v) is 1.67. The van der Waals surface area contributed by atoms with Crippen LogP contribution in [-0.4, -0.2) is 22.1 Å². The maximum atomic E-state index is 4.91. The van der Waals surface area contributed by atoms with Gasteiger partial charge >= 0.3 is 0 Å². The third-order valence-electron chi connectivity index (χ3n) is 1.67. The van der Waals surface area contributed by atoms with Crippen molar-refractivity contribution in [1.82, 2.24) is 15.0 Å². The fraction of sp³-hybridized carbons (Fsp3) is 0.0833. The van der Waals surface area contributed by atoms with Crippen molar-refractivity contribution < 1.29 is 4.74 Å². The van der Waals surface area contributed by atoms with Gasteiger partial charge in [-0.3, -0.25) is 0 Å². The molecule has 1 heterocycles. The van der Waals surface area contributed by atoms with Crippen molar-refractivity contribution in [3.8, 4) is 5.75 Å². The highest BCUT2D eigenvalue weighted by molar-refractivity contribution is 5.33. The van der Waals surface area contributed by atoms with Gasteiger partial charge in [-0.1, -0.05) is 24.8 Å². The lowest BCUT2D eigenvalue weighted by molar-refractivity contribution is 0.415. The fourth-order valence-electron chi connectivity index (χ4n) is 0.910. The molecule has 0 amide bonds. The summed E-state index contributed by atoms with van der Waals surface area (Å²) in [4.78, 5) is 11.1. The van der Waals surface area contributed by atoms with Gasteiger partial charge in [0.2, 0.25) is 0 Å². The molecule has 0 saturated heterocycles. The van der Waals surface area contributed by atoms with E-state index < -0.39 is 0 Å². The second kappa shape index (κ2) is 7.11. The standard InChI is InChI=1S/C7H8O.C5H5N3/c1-8-7-5-3-2-4-6-7;1-2-5-7-3-6-4-8-5/h2-6H,1H3;2-4H,1H2. The first-order valence-corrected chi connectivity index (χ1v) is 4.70. The normalized spacial score (nSPS) is 8.56. The van der Waals surface area contributed by atoms with Gasteiger partial charge in [-0.25, -0.2) is 15.0 Å². The zero-order chi connectivity index (χ0) is 11.6. The van der Waals surface area contributed by atoms with E-state index in [-0.39, 0.29) is 0 Å². The number of nitrogens with zero attached hydrogens (tertiary/aromatic N) is 3. The average molecular weight is 215 g/mol. The van der Waals surface area contributed by atoms with Crippen molar-refractivity contribution in [2.75, 3.05) is 7.11 Å². The van der Waals surface area contributed by atoms with E-state index in [0.717, 1.165) is 5.75 Å². The molecule has 0 aliphatic rings. The molecular weight excluding hydrogens is 202 g/mol. The van der Waals surface area contributed by atoms with Crippen molar-refractivity contribution in [3.63, 3.8) is 0 Å². The number of aromatic nitrogens is 3. The molecule has 0 fully saturated rings. The molecule has 4 nitrogen and oxygen atoms in total. The monoisotopic (exact) mass is 215 g/mol. The third kappa shape index (κ3) is 4.32. The Bertz CT molecular complexity index is 403. The van der Waals surface area contributed by atoms with Crippen LogP contribution in [0.2, 0.25) is 0 Å². The van der Waals surface area contributed by atoms with Gasteiger partial charge in [-0.15, -0.1) is 0 Å². The van der Waals surface area contributed by atoms with Crippen molar-refractivity contribution in [1.29, 1.82) is 0 Å². The molecule has 0 bridgehead atoms. The SMILES string of the molecule is C=Cc1ncncn1.COc1ccccc1. The Balaban J connectivity index is 0.000000160. The van der Waals surface area contributed by atoms with Crippen LogP contribution in [-0.2, 0) is 0 Å². The second-order valence-electron chi connectivity index (χ2n) is 2.72. The molecule has 1 aromatic heterocycles. The van der Waals surface area contributed by atoms with E-state index in [1.54, 1.807) is 13.2 Å². The van der Waals surface area contributed by atoms with Crippen molar-refractivity contribution in [2.45, 2.75) is 0 Å². The van der Waals surface area contributed by atoms with E-state index in [0.29, 0.717) is 5.82 Å². The Morgan fingerprint density at radius 3 is 2.12 bits per heavy atom. The zero-order valence-electron chi connectivity index (χ0n) is 9.08. The maximum Gasteiger partial charge on any atom is 0.154 e. The summed E-state index contributed by atoms with van der Waals surface area (Å²) < 4.78 is 4.91. The number of hydrogen-bond acceptors (Lipinski definition) is 4. The minimum Gasteiger partial charge on any atom is -0.497 e. The highest BCUT2D eigenvalue weighted by Gasteiger charge is 1.80. The largest absolute Gasteiger partial charge is 0.497 e. The van der Waals surface area contributed by atoms with Crippen LogP contribution in [0.1, 0.15) is 5.82 Å². The molecule has 82 valence electrons. The number of rotatable bonds is 2. The minimum absolute atomic E-state index is 0.611. The van der Waals surface area contributed by atoms with E-state index in [2.05, 4.69) is 21.5 Å². The number of ether oxygens (including phenoxy) is 1. The van der Waals surface area contributed by atoms with Gasteiger partial charge in [0.25, 0.3) is 0 Å². The summed E-state index contributed by atoms with van der Waals surface area (Å²) in [5.41, 5.74) is 0. The molecule has 2 aromatic rings. The lowest BCUT2D eigenvalue weighted by atomic mass is 10.3. The molecule has 0 atom stereocenters. The maximum absolute atomic E-state index is 4.91. The average Bonchev–Trinajstić information content (AvgIpc) is 2.41. The predicted octanol–water partition coefficient (Wildman–Crippen LogP) is 2.21. The van der Waals surface area contributed by atoms with E-state index in [9.17, 15) is 0 Å². The first-order chi connectivity index (χ1) is 7.86. The van der Waals surface area contributed by atoms with Gasteiger partial charge in [-0.05, 0) is 18.2 Å². The first kappa shape index (κ1) is 11.8. The predicted molar refractivity (Wildman–Crippen MR) is 62.9 cm³/mol. The van der Waals surface area contributed by atoms with Crippen molar-refractivity contribution in [3.05, 3.63) is 55.4 Å². The van der Waals surface area contributed by atoms with Gasteiger partial charge in [-0.2, -0.15) is 0 Å². The van der Waals surface area contributed by atoms with Gasteiger partial charge in [0, 0.05) is 0 Å². The molecule has 0 unspecified atom stereocenters. The Morgan fingerprint density at radius 2 is 1.75 bits per heavy atom. The molecule has 16 heavy (non-hydrogen) atoms. The lowest BCUT2D eigenvalue weighted by Crippen LogP contribution is -1.84. The molecule has 0 N–H and O–H groups in total. The quantitative estimate of drug-likeness (QED) is 0.770. The van der Waals surface area contributed by atoms with Crippen LogP contribution in [0.25, 0.3) is 6.08 Å². The number of benzene rings is 1. The van der Waals surface area contributed by atoms with Crippen LogP contribution < -0.4 is 4.74 Å². The van der Waals surface area contributed by atoms with E-state index in [1.165, 1.54) is 12.7 Å². The van der Waals surface area contributed by atoms with Crippen molar-refractivity contribution in [2.24, 2.45) is 0 Å². The highest BCUT2D eigenvalue weighted by Crippen LogP contribution is 2.05. The number of para-hydroxylation sites is 1. The summed E-state index contributed by atoms with van der Waals surface area (Å²) in [6.07, 6.45) is 4.44. The topological polar surface area (TPSA) is 47.9 Å². The van der Waals surface area contributed by atoms with E-state index >= 15 is 0 Å². The Morgan fingerprint density at radius 1 is 1.12 bits per heavy atom. The number of methoxy groups -OCH3 is 1. The molecular formula is C12H13N3O. The summed E-state index contributed by atoms with van der Waals surface area (Å²) in [5, 5.41) is 0. The molecule has 4 heteroatoms. The van der Waals surface area contributed by atoms with Gasteiger partial charge in [0.15, 0.2) is 5.82 Å². The smallest absolute Gasteiger partial charge is 0.154 e. The molecule has 1 aromatic carbocycles. The molecule has 0 saturated carbocycles. The lowest BCUT2D eigenvalue weighted by Gasteiger charge is -1.93. The molecule has 0 aliphatic carbocycles. The van der Waals surface area contributed by atoms with Crippen LogP contribution in [0, 0.1) is 0 Å². The van der Waals surface area contributed by atoms with Crippen LogP contribution in [0.15, 0.2) is 49.6 Å². The van der Waals surface area contributed by atoms with Crippen LogP contribution in [0.5, 0.6) is 5.75 Å². The van der Waals surface area contributed by atoms with E-state index in [4.69, 9.17) is 4.74 Å². The van der Waals surface area contributed by atoms with E-state index in [1.807, 2.05) is 30.3 Å². The van der Waals surface area contributed by atoms with Crippen LogP contribution in [0.3, 0.4) is 0 Å². The highest BCUT2D eigenvalue weighted by atomic mass is 16.5. The number of hydrogen-bond donors (Lipinski definition) is 0. The summed E-state index contributed by atoms with van der Waals surface area (Å²) in [6, 6.07) is 9.68. The second-order valence-corrected chi connectivity index (χ2v) is 2.72. The van der Waals surface area contributed by atoms with Gasteiger partial charge in [0.1, 0.15) is 18.4 Å². The molecule has 0 aliphatic heterocycles. The van der Waals surface area contributed by atoms with Crippen LogP contribution in [0.4, 0.5) is 0 Å². The molecule has 2 rings (SSSR count). The van der Waals surface area contributed by atoms with Gasteiger partial charge in [0.05, 0.1) is 7.11 Å². The fourth-order valence-corrected chi connectivity index (χ4v) is 0.910. The molecule has 0 radical (unpaired) electrons.